The predicted octanol–water partition coefficient (Wildman–Crippen LogP) is 1.68. The Labute approximate surface area is 152 Å². The minimum Gasteiger partial charge on any atom is -0.368 e. The van der Waals surface area contributed by atoms with Crippen molar-refractivity contribution in [1.29, 1.82) is 0 Å². The zero-order chi connectivity index (χ0) is 19.1. The molecule has 2 amide bonds. The number of amides is 2. The quantitative estimate of drug-likeness (QED) is 0.730. The maximum absolute atomic E-state index is 13.2. The Morgan fingerprint density at radius 2 is 1.69 bits per heavy atom. The molecule has 26 heavy (non-hydrogen) atoms. The lowest BCUT2D eigenvalue weighted by molar-refractivity contribution is -0.127. The number of benzene rings is 2. The van der Waals surface area contributed by atoms with E-state index >= 15 is 0 Å². The van der Waals surface area contributed by atoms with E-state index in [4.69, 9.17) is 5.73 Å². The predicted molar refractivity (Wildman–Crippen MR) is 93.5 cm³/mol. The van der Waals surface area contributed by atoms with Crippen molar-refractivity contribution in [2.75, 3.05) is 5.75 Å². The zero-order valence-electron chi connectivity index (χ0n) is 13.8. The van der Waals surface area contributed by atoms with Crippen LogP contribution in [0.4, 0.5) is 8.78 Å². The molecule has 0 aromatic heterocycles. The van der Waals surface area contributed by atoms with E-state index in [0.717, 1.165) is 12.1 Å². The first-order valence-electron chi connectivity index (χ1n) is 7.82. The van der Waals surface area contributed by atoms with Crippen molar-refractivity contribution in [3.63, 3.8) is 0 Å². The van der Waals surface area contributed by atoms with Crippen LogP contribution < -0.4 is 11.1 Å². The Morgan fingerprint density at radius 3 is 2.27 bits per heavy atom. The summed E-state index contributed by atoms with van der Waals surface area (Å²) in [6.45, 7) is 0. The van der Waals surface area contributed by atoms with E-state index in [1.807, 2.05) is 0 Å². The van der Waals surface area contributed by atoms with Crippen LogP contribution in [-0.4, -0.2) is 27.8 Å². The summed E-state index contributed by atoms with van der Waals surface area (Å²) in [5, 5.41) is 2.42. The van der Waals surface area contributed by atoms with E-state index in [2.05, 4.69) is 5.32 Å². The number of hydrogen-bond acceptors (Lipinski definition) is 3. The topological polar surface area (TPSA) is 89.3 Å². The number of halogens is 2. The van der Waals surface area contributed by atoms with Crippen LogP contribution in [-0.2, 0) is 26.8 Å². The van der Waals surface area contributed by atoms with Crippen LogP contribution in [0.15, 0.2) is 53.4 Å². The van der Waals surface area contributed by atoms with Crippen LogP contribution in [0.25, 0.3) is 0 Å². The molecule has 2 atom stereocenters. The van der Waals surface area contributed by atoms with Crippen molar-refractivity contribution in [3.8, 4) is 0 Å². The van der Waals surface area contributed by atoms with E-state index in [-0.39, 0.29) is 24.2 Å². The van der Waals surface area contributed by atoms with E-state index in [9.17, 15) is 22.6 Å². The Morgan fingerprint density at radius 1 is 1.08 bits per heavy atom. The molecule has 0 fully saturated rings. The molecular weight excluding hydrogens is 362 g/mol. The fourth-order valence-corrected chi connectivity index (χ4v) is 3.49. The first-order valence-corrected chi connectivity index (χ1v) is 9.14. The van der Waals surface area contributed by atoms with Gasteiger partial charge in [0, 0.05) is 16.7 Å². The minimum atomic E-state index is -1.34. The summed E-state index contributed by atoms with van der Waals surface area (Å²) in [4.78, 5) is 24.2. The highest BCUT2D eigenvalue weighted by molar-refractivity contribution is 7.85. The highest BCUT2D eigenvalue weighted by Crippen LogP contribution is 2.10. The Balaban J connectivity index is 1.93. The molecule has 138 valence electrons. The third-order valence-electron chi connectivity index (χ3n) is 3.56. The van der Waals surface area contributed by atoms with Gasteiger partial charge in [-0.25, -0.2) is 8.78 Å². The molecule has 0 saturated heterocycles. The molecular formula is C18H18F2N2O3S. The molecule has 3 N–H and O–H groups in total. The summed E-state index contributed by atoms with van der Waals surface area (Å²) >= 11 is 0. The van der Waals surface area contributed by atoms with Gasteiger partial charge in [0.25, 0.3) is 0 Å². The standard InChI is InChI=1S/C18H18F2N2O3S/c19-13-8-12(9-14(20)11-13)10-17(23)22-16(18(21)24)6-7-26(25)15-4-2-1-3-5-15/h1-5,8-9,11,16H,6-7,10H2,(H2,21,24)(H,22,23)/t16-,26+/m0/s1. The number of nitrogens with one attached hydrogen (secondary N) is 1. The lowest BCUT2D eigenvalue weighted by Crippen LogP contribution is -2.45. The molecule has 0 bridgehead atoms. The number of hydrogen-bond donors (Lipinski definition) is 2. The molecule has 0 aliphatic carbocycles. The van der Waals surface area contributed by atoms with Crippen molar-refractivity contribution >= 4 is 22.6 Å². The van der Waals surface area contributed by atoms with Gasteiger partial charge in [-0.1, -0.05) is 18.2 Å². The van der Waals surface area contributed by atoms with Crippen molar-refractivity contribution in [3.05, 3.63) is 65.7 Å². The van der Waals surface area contributed by atoms with Crippen LogP contribution in [0.3, 0.4) is 0 Å². The minimum absolute atomic E-state index is 0.0834. The van der Waals surface area contributed by atoms with Crippen molar-refractivity contribution < 1.29 is 22.6 Å². The Kier molecular flexibility index (Phi) is 6.97. The van der Waals surface area contributed by atoms with Gasteiger partial charge in [-0.05, 0) is 36.2 Å². The van der Waals surface area contributed by atoms with Gasteiger partial charge in [0.2, 0.25) is 11.8 Å². The van der Waals surface area contributed by atoms with Crippen molar-refractivity contribution in [1.82, 2.24) is 5.32 Å². The first kappa shape index (κ1) is 19.7. The third kappa shape index (κ3) is 6.03. The smallest absolute Gasteiger partial charge is 0.240 e. The maximum atomic E-state index is 13.2. The van der Waals surface area contributed by atoms with Crippen LogP contribution in [0.5, 0.6) is 0 Å². The number of carbonyl (C=O) groups is 2. The van der Waals surface area contributed by atoms with Gasteiger partial charge in [0.1, 0.15) is 17.7 Å². The van der Waals surface area contributed by atoms with E-state index in [0.29, 0.717) is 11.0 Å². The monoisotopic (exact) mass is 380 g/mol. The van der Waals surface area contributed by atoms with Crippen LogP contribution >= 0.6 is 0 Å². The molecule has 2 aromatic rings. The van der Waals surface area contributed by atoms with Crippen LogP contribution in [0.2, 0.25) is 0 Å². The SMILES string of the molecule is NC(=O)[C@H](CC[S@@](=O)c1ccccc1)NC(=O)Cc1cc(F)cc(F)c1. The fourth-order valence-electron chi connectivity index (χ4n) is 2.34. The maximum Gasteiger partial charge on any atom is 0.240 e. The molecule has 0 radical (unpaired) electrons. The molecule has 0 heterocycles. The Hall–Kier alpha value is -2.61. The first-order chi connectivity index (χ1) is 12.3. The fraction of sp³-hybridized carbons (Fsp3) is 0.222. The van der Waals surface area contributed by atoms with Gasteiger partial charge in [-0.15, -0.1) is 0 Å². The number of carbonyl (C=O) groups excluding carboxylic acids is 2. The van der Waals surface area contributed by atoms with Crippen molar-refractivity contribution in [2.24, 2.45) is 5.73 Å². The molecule has 2 aromatic carbocycles. The van der Waals surface area contributed by atoms with Crippen LogP contribution in [0.1, 0.15) is 12.0 Å². The summed E-state index contributed by atoms with van der Waals surface area (Å²) < 4.78 is 38.5. The van der Waals surface area contributed by atoms with Crippen molar-refractivity contribution in [2.45, 2.75) is 23.8 Å². The van der Waals surface area contributed by atoms with Gasteiger partial charge in [0.05, 0.1) is 17.2 Å². The summed E-state index contributed by atoms with van der Waals surface area (Å²) in [6.07, 6.45) is -0.222. The average Bonchev–Trinajstić information content (AvgIpc) is 2.57. The van der Waals surface area contributed by atoms with Gasteiger partial charge >= 0.3 is 0 Å². The second kappa shape index (κ2) is 9.19. The molecule has 0 unspecified atom stereocenters. The van der Waals surface area contributed by atoms with Crippen LogP contribution in [0, 0.1) is 11.6 Å². The van der Waals surface area contributed by atoms with Gasteiger partial charge in [-0.3, -0.25) is 13.8 Å². The normalized spacial score (nSPS) is 13.0. The second-order valence-corrected chi connectivity index (χ2v) is 7.20. The lowest BCUT2D eigenvalue weighted by atomic mass is 10.1. The molecule has 0 spiro atoms. The summed E-state index contributed by atoms with van der Waals surface area (Å²) in [7, 11) is -1.34. The second-order valence-electron chi connectivity index (χ2n) is 5.63. The molecule has 0 aliphatic heterocycles. The molecule has 0 saturated carbocycles. The van der Waals surface area contributed by atoms with E-state index in [1.165, 1.54) is 0 Å². The third-order valence-corrected chi connectivity index (χ3v) is 4.97. The molecule has 0 aliphatic rings. The summed E-state index contributed by atoms with van der Waals surface area (Å²) in [6, 6.07) is 10.4. The highest BCUT2D eigenvalue weighted by Gasteiger charge is 2.20. The molecule has 8 heteroatoms. The summed E-state index contributed by atoms with van der Waals surface area (Å²) in [5.41, 5.74) is 5.41. The lowest BCUT2D eigenvalue weighted by Gasteiger charge is -2.15. The summed E-state index contributed by atoms with van der Waals surface area (Å²) in [5.74, 6) is -2.83. The van der Waals surface area contributed by atoms with E-state index < -0.39 is 40.3 Å². The molecule has 5 nitrogen and oxygen atoms in total. The van der Waals surface area contributed by atoms with E-state index in [1.54, 1.807) is 30.3 Å². The highest BCUT2D eigenvalue weighted by atomic mass is 32.2. The van der Waals surface area contributed by atoms with Gasteiger partial charge in [0.15, 0.2) is 0 Å². The Bertz CT molecular complexity index is 795. The average molecular weight is 380 g/mol. The molecule has 2 rings (SSSR count). The number of primary amides is 1. The largest absolute Gasteiger partial charge is 0.368 e. The number of rotatable bonds is 8. The number of nitrogens with two attached hydrogens (primary N) is 1. The zero-order valence-corrected chi connectivity index (χ0v) is 14.6. The van der Waals surface area contributed by atoms with Gasteiger partial charge in [-0.2, -0.15) is 0 Å². The van der Waals surface area contributed by atoms with Gasteiger partial charge < -0.3 is 11.1 Å².